The van der Waals surface area contributed by atoms with Gasteiger partial charge in [0.25, 0.3) is 5.91 Å². The van der Waals surface area contributed by atoms with Crippen LogP contribution in [-0.2, 0) is 20.9 Å². The zero-order valence-corrected chi connectivity index (χ0v) is 32.0. The molecular weight excluding hydrogens is 663 g/mol. The Hall–Kier alpha value is -3.55. The molecule has 2 aromatic carbocycles. The number of carbonyl (C=O) groups excluding carboxylic acids is 3. The highest BCUT2D eigenvalue weighted by Gasteiger charge is 2.78. The molecule has 5 fully saturated rings. The maximum Gasteiger partial charge on any atom is 0.313 e. The molecule has 1 amide bonds. The number of rotatable bonds is 7. The number of carbonyl (C=O) groups is 3. The van der Waals surface area contributed by atoms with E-state index in [1.807, 2.05) is 81.4 Å². The highest BCUT2D eigenvalue weighted by atomic mass is 16.6. The van der Waals surface area contributed by atoms with Gasteiger partial charge in [0, 0.05) is 39.3 Å². The second kappa shape index (κ2) is 11.0. The molecule has 0 aromatic heterocycles. The Kier molecular flexibility index (Phi) is 7.32. The number of ether oxygens (including phenoxy) is 1. The maximum atomic E-state index is 15.2. The molecule has 2 aromatic rings. The van der Waals surface area contributed by atoms with Gasteiger partial charge >= 0.3 is 5.97 Å². The zero-order valence-electron chi connectivity index (χ0n) is 32.0. The van der Waals surface area contributed by atoms with Crippen molar-refractivity contribution in [3.8, 4) is 0 Å². The van der Waals surface area contributed by atoms with Crippen molar-refractivity contribution in [3.63, 3.8) is 0 Å². The van der Waals surface area contributed by atoms with Crippen molar-refractivity contribution < 1.29 is 29.3 Å². The van der Waals surface area contributed by atoms with Gasteiger partial charge in [0.1, 0.15) is 0 Å². The van der Waals surface area contributed by atoms with E-state index in [0.717, 1.165) is 43.2 Å². The van der Waals surface area contributed by atoms with Crippen LogP contribution in [0.1, 0.15) is 108 Å². The summed E-state index contributed by atoms with van der Waals surface area (Å²) in [6.07, 6.45) is 12.6. The molecule has 1 aliphatic heterocycles. The van der Waals surface area contributed by atoms with E-state index in [9.17, 15) is 19.8 Å². The Balaban J connectivity index is 1.13. The number of allylic oxidation sites excluding steroid dienone is 4. The smallest absolute Gasteiger partial charge is 0.313 e. The third kappa shape index (κ3) is 4.16. The van der Waals surface area contributed by atoms with Gasteiger partial charge < -0.3 is 19.8 Å². The molecule has 7 nitrogen and oxygen atoms in total. The van der Waals surface area contributed by atoms with Crippen LogP contribution in [0.2, 0.25) is 0 Å². The first kappa shape index (κ1) is 35.2. The summed E-state index contributed by atoms with van der Waals surface area (Å²) < 4.78 is 6.15. The zero-order chi connectivity index (χ0) is 37.5. The molecule has 2 spiro atoms. The number of Topliss-reactive ketones (excluding diaryl/α,β-unsaturated/α-hetero) is 1. The van der Waals surface area contributed by atoms with Gasteiger partial charge in [0.15, 0.2) is 11.4 Å². The van der Waals surface area contributed by atoms with Crippen molar-refractivity contribution in [1.82, 2.24) is 4.90 Å². The Bertz CT molecular complexity index is 1960. The standard InChI is InChI=1S/C46H55NO6/c1-39(2)42(5)22-25-46(39,53-38(42)51)37(50)47(28-30-12-8-6-9-13-30)29-44(52)21-18-35-41(44,4)20-17-34-40(3)19-16-32(48)26-43(40)23-24-45(34,35)33(27-43)36(49)31-14-10-7-11-15-31/h6-15,23-24,27,32,34-35,48,52H,16-22,25-26,28-29H2,1-5H3. The third-order valence-electron chi connectivity index (χ3n) is 17.4. The highest BCUT2D eigenvalue weighted by Crippen LogP contribution is 2.78. The first-order chi connectivity index (χ1) is 25.0. The fourth-order valence-electron chi connectivity index (χ4n) is 13.6. The minimum absolute atomic E-state index is 0.0377. The topological polar surface area (TPSA) is 104 Å². The van der Waals surface area contributed by atoms with Gasteiger partial charge in [-0.15, -0.1) is 0 Å². The largest absolute Gasteiger partial charge is 0.448 e. The first-order valence-electron chi connectivity index (χ1n) is 20.0. The lowest BCUT2D eigenvalue weighted by molar-refractivity contribution is -0.187. The van der Waals surface area contributed by atoms with Crippen molar-refractivity contribution >= 4 is 17.7 Å². The van der Waals surface area contributed by atoms with E-state index in [4.69, 9.17) is 4.74 Å². The Morgan fingerprint density at radius 1 is 0.811 bits per heavy atom. The lowest BCUT2D eigenvalue weighted by Crippen LogP contribution is -2.67. The van der Waals surface area contributed by atoms with Gasteiger partial charge in [-0.05, 0) is 87.5 Å². The van der Waals surface area contributed by atoms with Crippen LogP contribution in [-0.4, -0.2) is 56.6 Å². The Morgan fingerprint density at radius 2 is 1.45 bits per heavy atom. The number of ketones is 1. The number of hydrogen-bond acceptors (Lipinski definition) is 6. The van der Waals surface area contributed by atoms with Crippen molar-refractivity contribution in [3.05, 3.63) is 95.6 Å². The Morgan fingerprint density at radius 3 is 2.11 bits per heavy atom. The molecule has 2 N–H and O–H groups in total. The Labute approximate surface area is 313 Å². The van der Waals surface area contributed by atoms with E-state index in [1.54, 1.807) is 4.90 Å². The molecule has 10 rings (SSSR count). The summed E-state index contributed by atoms with van der Waals surface area (Å²) in [4.78, 5) is 45.1. The number of fused-ring (bicyclic) bond motifs is 3. The summed E-state index contributed by atoms with van der Waals surface area (Å²) in [6, 6.07) is 19.5. The lowest BCUT2D eigenvalue weighted by Gasteiger charge is -2.71. The van der Waals surface area contributed by atoms with Gasteiger partial charge in [-0.25, -0.2) is 0 Å². The second-order valence-electron chi connectivity index (χ2n) is 19.3. The van der Waals surface area contributed by atoms with Crippen molar-refractivity contribution in [2.75, 3.05) is 6.54 Å². The molecule has 10 atom stereocenters. The van der Waals surface area contributed by atoms with Crippen molar-refractivity contribution in [1.29, 1.82) is 0 Å². The molecular formula is C46H55NO6. The number of benzene rings is 2. The molecule has 53 heavy (non-hydrogen) atoms. The molecule has 10 unspecified atom stereocenters. The van der Waals surface area contributed by atoms with E-state index in [2.05, 4.69) is 32.1 Å². The molecule has 8 aliphatic rings. The average molecular weight is 718 g/mol. The van der Waals surface area contributed by atoms with Crippen LogP contribution in [0.3, 0.4) is 0 Å². The second-order valence-corrected chi connectivity index (χ2v) is 19.3. The number of esters is 1. The molecule has 4 saturated carbocycles. The van der Waals surface area contributed by atoms with Crippen LogP contribution in [0.5, 0.6) is 0 Å². The summed E-state index contributed by atoms with van der Waals surface area (Å²) in [7, 11) is 0. The molecule has 0 radical (unpaired) electrons. The van der Waals surface area contributed by atoms with Crippen LogP contribution in [0, 0.1) is 44.3 Å². The first-order valence-corrected chi connectivity index (χ1v) is 20.0. The number of aliphatic hydroxyl groups is 2. The maximum absolute atomic E-state index is 15.2. The van der Waals surface area contributed by atoms with Crippen molar-refractivity contribution in [2.24, 2.45) is 44.3 Å². The molecule has 7 aliphatic carbocycles. The number of amides is 1. The normalized spacial score (nSPS) is 44.1. The third-order valence-corrected chi connectivity index (χ3v) is 17.4. The van der Waals surface area contributed by atoms with E-state index in [1.165, 1.54) is 0 Å². The molecule has 1 heterocycles. The molecule has 7 heteroatoms. The summed E-state index contributed by atoms with van der Waals surface area (Å²) >= 11 is 0. The quantitative estimate of drug-likeness (QED) is 0.174. The van der Waals surface area contributed by atoms with Gasteiger partial charge in [0.2, 0.25) is 0 Å². The van der Waals surface area contributed by atoms with Crippen LogP contribution >= 0.6 is 0 Å². The fraction of sp³-hybridized carbons (Fsp3) is 0.587. The summed E-state index contributed by atoms with van der Waals surface area (Å²) in [5.74, 6) is -0.360. The average Bonchev–Trinajstić information content (AvgIpc) is 3.59. The highest BCUT2D eigenvalue weighted by molar-refractivity contribution is 6.10. The van der Waals surface area contributed by atoms with Gasteiger partial charge in [-0.3, -0.25) is 14.4 Å². The SMILES string of the molecule is CC12CCC(C(=O)N(Cc3ccccc3)CC3(O)CCC4C56C=CC7(C=C5C(=O)c5ccccc5)CC(O)CCC7(C)C6CCC43C)(OC1=O)C2(C)C. The van der Waals surface area contributed by atoms with Crippen molar-refractivity contribution in [2.45, 2.75) is 116 Å². The number of nitrogens with zero attached hydrogens (tertiary/aromatic N) is 1. The molecule has 280 valence electrons. The van der Waals surface area contributed by atoms with Gasteiger partial charge in [0.05, 0.1) is 23.7 Å². The van der Waals surface area contributed by atoms with Gasteiger partial charge in [-0.1, -0.05) is 107 Å². The predicted octanol–water partition coefficient (Wildman–Crippen LogP) is 7.61. The summed E-state index contributed by atoms with van der Waals surface area (Å²) in [6.45, 7) is 10.9. The van der Waals surface area contributed by atoms with Crippen LogP contribution in [0.15, 0.2) is 84.5 Å². The minimum Gasteiger partial charge on any atom is -0.448 e. The summed E-state index contributed by atoms with van der Waals surface area (Å²) in [5, 5.41) is 24.4. The fourth-order valence-corrected chi connectivity index (χ4v) is 13.6. The predicted molar refractivity (Wildman–Crippen MR) is 201 cm³/mol. The van der Waals surface area contributed by atoms with Crippen LogP contribution < -0.4 is 0 Å². The molecule has 4 bridgehead atoms. The van der Waals surface area contributed by atoms with Crippen LogP contribution in [0.25, 0.3) is 0 Å². The van der Waals surface area contributed by atoms with Gasteiger partial charge in [-0.2, -0.15) is 0 Å². The minimum atomic E-state index is -1.30. The molecule has 1 saturated heterocycles. The number of aliphatic hydroxyl groups excluding tert-OH is 1. The van der Waals surface area contributed by atoms with Crippen LogP contribution in [0.4, 0.5) is 0 Å². The number of hydrogen-bond donors (Lipinski definition) is 2. The monoisotopic (exact) mass is 717 g/mol. The van der Waals surface area contributed by atoms with E-state index < -0.39 is 44.4 Å². The van der Waals surface area contributed by atoms with E-state index in [-0.39, 0.29) is 41.5 Å². The lowest BCUT2D eigenvalue weighted by atomic mass is 9.32. The van der Waals surface area contributed by atoms with E-state index >= 15 is 4.79 Å². The summed E-state index contributed by atoms with van der Waals surface area (Å²) in [5.41, 5.74) is -3.32. The van der Waals surface area contributed by atoms with E-state index in [0.29, 0.717) is 37.8 Å².